The molecule has 0 bridgehead atoms. The largest absolute Gasteiger partial charge is 0.361 e. The van der Waals surface area contributed by atoms with Crippen LogP contribution >= 0.6 is 0 Å². The Labute approximate surface area is 155 Å². The first-order chi connectivity index (χ1) is 12.5. The third-order valence-corrected chi connectivity index (χ3v) is 7.67. The molecule has 1 unspecified atom stereocenters. The third-order valence-electron chi connectivity index (χ3n) is 5.77. The van der Waals surface area contributed by atoms with E-state index < -0.39 is 10.0 Å². The lowest BCUT2D eigenvalue weighted by Gasteiger charge is -2.25. The van der Waals surface area contributed by atoms with Crippen molar-refractivity contribution in [3.8, 4) is 0 Å². The fraction of sp³-hybridized carbons (Fsp3) is 0.550. The minimum Gasteiger partial charge on any atom is -0.361 e. The molecule has 1 aliphatic carbocycles. The van der Waals surface area contributed by atoms with Gasteiger partial charge >= 0.3 is 0 Å². The lowest BCUT2D eigenvalue weighted by Crippen LogP contribution is -2.31. The fourth-order valence-electron chi connectivity index (χ4n) is 4.43. The lowest BCUT2D eigenvalue weighted by atomic mass is 9.92. The van der Waals surface area contributed by atoms with Gasteiger partial charge in [0.2, 0.25) is 10.0 Å². The Balaban J connectivity index is 1.72. The number of aromatic nitrogens is 1. The molecule has 0 amide bonds. The van der Waals surface area contributed by atoms with Crippen molar-refractivity contribution in [1.82, 2.24) is 9.46 Å². The number of fused-ring (bicyclic) bond motifs is 1. The molecule has 2 aromatic rings. The molecular formula is C20H26N2O3S. The molecule has 4 rings (SSSR count). The number of rotatable bonds is 4. The smallest absolute Gasteiger partial charge is 0.243 e. The number of nitrogens with zero attached hydrogens (tertiary/aromatic N) is 2. The van der Waals surface area contributed by atoms with E-state index in [2.05, 4.69) is 5.16 Å². The van der Waals surface area contributed by atoms with E-state index in [0.717, 1.165) is 55.5 Å². The molecule has 0 radical (unpaired) electrons. The molecule has 26 heavy (non-hydrogen) atoms. The predicted molar refractivity (Wildman–Crippen MR) is 99.6 cm³/mol. The zero-order valence-corrected chi connectivity index (χ0v) is 16.3. The minimum absolute atomic E-state index is 0.169. The minimum atomic E-state index is -3.53. The summed E-state index contributed by atoms with van der Waals surface area (Å²) in [6, 6.07) is 5.53. The Kier molecular flexibility index (Phi) is 4.65. The molecule has 1 saturated heterocycles. The van der Waals surface area contributed by atoms with Crippen LogP contribution in [0.15, 0.2) is 27.6 Å². The van der Waals surface area contributed by atoms with Crippen LogP contribution in [0.3, 0.4) is 0 Å². The molecule has 140 valence electrons. The zero-order valence-electron chi connectivity index (χ0n) is 15.5. The van der Waals surface area contributed by atoms with Crippen LogP contribution in [0.5, 0.6) is 0 Å². The highest BCUT2D eigenvalue weighted by Crippen LogP contribution is 2.40. The molecule has 0 spiro atoms. The summed E-state index contributed by atoms with van der Waals surface area (Å²) in [7, 11) is -3.53. The average molecular weight is 375 g/mol. The quantitative estimate of drug-likeness (QED) is 0.813. The molecule has 1 atom stereocenters. The maximum atomic E-state index is 13.4. The van der Waals surface area contributed by atoms with Gasteiger partial charge < -0.3 is 4.52 Å². The van der Waals surface area contributed by atoms with Crippen molar-refractivity contribution in [2.45, 2.75) is 69.7 Å². The van der Waals surface area contributed by atoms with Crippen molar-refractivity contribution in [2.24, 2.45) is 0 Å². The average Bonchev–Trinajstić information content (AvgIpc) is 3.27. The van der Waals surface area contributed by atoms with Crippen molar-refractivity contribution in [3.63, 3.8) is 0 Å². The van der Waals surface area contributed by atoms with E-state index in [-0.39, 0.29) is 6.04 Å². The Bertz CT molecular complexity index is 917. The second-order valence-electron chi connectivity index (χ2n) is 7.37. The van der Waals surface area contributed by atoms with E-state index in [1.807, 2.05) is 26.0 Å². The van der Waals surface area contributed by atoms with E-state index in [1.165, 1.54) is 17.5 Å². The second-order valence-corrected chi connectivity index (χ2v) is 9.26. The van der Waals surface area contributed by atoms with Gasteiger partial charge in [-0.1, -0.05) is 18.1 Å². The van der Waals surface area contributed by atoms with Gasteiger partial charge in [0, 0.05) is 18.5 Å². The van der Waals surface area contributed by atoms with Gasteiger partial charge in [-0.25, -0.2) is 8.42 Å². The van der Waals surface area contributed by atoms with E-state index in [1.54, 1.807) is 10.4 Å². The summed E-state index contributed by atoms with van der Waals surface area (Å²) in [6.07, 6.45) is 6.78. The normalized spacial score (nSPS) is 21.1. The van der Waals surface area contributed by atoms with E-state index >= 15 is 0 Å². The Morgan fingerprint density at radius 2 is 1.96 bits per heavy atom. The van der Waals surface area contributed by atoms with Gasteiger partial charge in [0.15, 0.2) is 0 Å². The van der Waals surface area contributed by atoms with Crippen molar-refractivity contribution in [1.29, 1.82) is 0 Å². The van der Waals surface area contributed by atoms with E-state index in [0.29, 0.717) is 11.4 Å². The van der Waals surface area contributed by atoms with Crippen LogP contribution in [-0.4, -0.2) is 24.4 Å². The summed E-state index contributed by atoms with van der Waals surface area (Å²) in [5.74, 6) is 0.806. The number of hydrogen-bond acceptors (Lipinski definition) is 4. The van der Waals surface area contributed by atoms with Crippen molar-refractivity contribution >= 4 is 10.0 Å². The summed E-state index contributed by atoms with van der Waals surface area (Å²) >= 11 is 0. The van der Waals surface area contributed by atoms with Gasteiger partial charge in [-0.3, -0.25) is 0 Å². The monoisotopic (exact) mass is 374 g/mol. The summed E-state index contributed by atoms with van der Waals surface area (Å²) < 4.78 is 33.9. The standard InChI is InChI=1S/C20H26N2O3S/c1-3-19-20(14(2)21-25-19)18-9-6-12-22(18)26(23,24)17-11-10-15-7-4-5-8-16(15)13-17/h10-11,13,18H,3-9,12H2,1-2H3. The molecule has 1 aromatic heterocycles. The van der Waals surface area contributed by atoms with Gasteiger partial charge in [-0.05, 0) is 68.7 Å². The van der Waals surface area contributed by atoms with Crippen LogP contribution in [0, 0.1) is 6.92 Å². The summed E-state index contributed by atoms with van der Waals surface area (Å²) in [4.78, 5) is 0.428. The highest BCUT2D eigenvalue weighted by Gasteiger charge is 2.39. The first-order valence-electron chi connectivity index (χ1n) is 9.61. The van der Waals surface area contributed by atoms with Gasteiger partial charge in [0.25, 0.3) is 0 Å². The van der Waals surface area contributed by atoms with Crippen LogP contribution < -0.4 is 0 Å². The molecule has 2 aliphatic rings. The van der Waals surface area contributed by atoms with Crippen LogP contribution in [0.4, 0.5) is 0 Å². The number of aryl methyl sites for hydroxylation is 4. The summed E-state index contributed by atoms with van der Waals surface area (Å²) in [6.45, 7) is 4.47. The fourth-order valence-corrected chi connectivity index (χ4v) is 6.14. The van der Waals surface area contributed by atoms with Crippen LogP contribution in [0.2, 0.25) is 0 Å². The topological polar surface area (TPSA) is 63.4 Å². The molecule has 2 heterocycles. The third kappa shape index (κ3) is 2.89. The molecule has 0 N–H and O–H groups in total. The summed E-state index contributed by atoms with van der Waals surface area (Å²) in [5.41, 5.74) is 4.27. The maximum Gasteiger partial charge on any atom is 0.243 e. The number of benzene rings is 1. The van der Waals surface area contributed by atoms with Crippen LogP contribution in [-0.2, 0) is 29.3 Å². The molecule has 1 fully saturated rings. The SMILES string of the molecule is CCc1onc(C)c1C1CCCN1S(=O)(=O)c1ccc2c(c1)CCCC2. The van der Waals surface area contributed by atoms with E-state index in [9.17, 15) is 8.42 Å². The van der Waals surface area contributed by atoms with Crippen LogP contribution in [0.1, 0.15) is 66.8 Å². The first-order valence-corrected chi connectivity index (χ1v) is 11.0. The molecule has 1 aliphatic heterocycles. The predicted octanol–water partition coefficient (Wildman–Crippen LogP) is 3.95. The Morgan fingerprint density at radius 1 is 1.19 bits per heavy atom. The van der Waals surface area contributed by atoms with Crippen molar-refractivity contribution < 1.29 is 12.9 Å². The van der Waals surface area contributed by atoms with Gasteiger partial charge in [-0.2, -0.15) is 4.31 Å². The molecule has 6 heteroatoms. The van der Waals surface area contributed by atoms with Gasteiger partial charge in [0.05, 0.1) is 16.6 Å². The number of hydrogen-bond donors (Lipinski definition) is 0. The van der Waals surface area contributed by atoms with E-state index in [4.69, 9.17) is 4.52 Å². The maximum absolute atomic E-state index is 13.4. The van der Waals surface area contributed by atoms with Crippen molar-refractivity contribution in [2.75, 3.05) is 6.54 Å². The molecule has 5 nitrogen and oxygen atoms in total. The molecule has 1 aromatic carbocycles. The molecular weight excluding hydrogens is 348 g/mol. The van der Waals surface area contributed by atoms with Crippen LogP contribution in [0.25, 0.3) is 0 Å². The van der Waals surface area contributed by atoms with Gasteiger partial charge in [0.1, 0.15) is 5.76 Å². The molecule has 0 saturated carbocycles. The number of sulfonamides is 1. The summed E-state index contributed by atoms with van der Waals surface area (Å²) in [5, 5.41) is 4.08. The zero-order chi connectivity index (χ0) is 18.3. The van der Waals surface area contributed by atoms with Crippen molar-refractivity contribution in [3.05, 3.63) is 46.3 Å². The highest BCUT2D eigenvalue weighted by atomic mass is 32.2. The Hall–Kier alpha value is -1.66. The second kappa shape index (κ2) is 6.82. The first kappa shape index (κ1) is 17.7. The Morgan fingerprint density at radius 3 is 2.73 bits per heavy atom. The lowest BCUT2D eigenvalue weighted by molar-refractivity contribution is 0.368. The van der Waals surface area contributed by atoms with Gasteiger partial charge in [-0.15, -0.1) is 0 Å². The highest BCUT2D eigenvalue weighted by molar-refractivity contribution is 7.89.